The molecule has 0 saturated heterocycles. The van der Waals surface area contributed by atoms with Crippen LogP contribution in [0.2, 0.25) is 0 Å². The fourth-order valence-electron chi connectivity index (χ4n) is 1.43. The third kappa shape index (κ3) is 2.10. The van der Waals surface area contributed by atoms with Crippen LogP contribution >= 0.6 is 0 Å². The predicted octanol–water partition coefficient (Wildman–Crippen LogP) is 0.373. The van der Waals surface area contributed by atoms with Crippen LogP contribution in [0.3, 0.4) is 0 Å². The van der Waals surface area contributed by atoms with Crippen molar-refractivity contribution in [3.63, 3.8) is 0 Å². The van der Waals surface area contributed by atoms with E-state index in [0.29, 0.717) is 11.4 Å². The van der Waals surface area contributed by atoms with Gasteiger partial charge in [0.05, 0.1) is 12.8 Å². The standard InChI is InChI=1S/C11H9NO5/c1-16-11(15)10(14)6-2-3-8-7(4-6)12-9(13)5-17-8/h2-4H,5H2,1H3,(H,12,13). The van der Waals surface area contributed by atoms with E-state index in [0.717, 1.165) is 7.11 Å². The number of carbonyl (C=O) groups excluding carboxylic acids is 3. The van der Waals surface area contributed by atoms with Gasteiger partial charge in [-0.1, -0.05) is 0 Å². The average Bonchev–Trinajstić information content (AvgIpc) is 2.36. The molecule has 0 atom stereocenters. The summed E-state index contributed by atoms with van der Waals surface area (Å²) in [5.41, 5.74) is 0.511. The molecule has 0 aliphatic carbocycles. The van der Waals surface area contributed by atoms with E-state index in [1.54, 1.807) is 0 Å². The van der Waals surface area contributed by atoms with Crippen LogP contribution in [0.25, 0.3) is 0 Å². The predicted molar refractivity (Wildman–Crippen MR) is 56.9 cm³/mol. The lowest BCUT2D eigenvalue weighted by Crippen LogP contribution is -2.26. The fourth-order valence-corrected chi connectivity index (χ4v) is 1.43. The zero-order chi connectivity index (χ0) is 12.4. The van der Waals surface area contributed by atoms with Gasteiger partial charge in [-0.25, -0.2) is 4.79 Å². The van der Waals surface area contributed by atoms with Crippen LogP contribution in [0.4, 0.5) is 5.69 Å². The summed E-state index contributed by atoms with van der Waals surface area (Å²) in [5, 5.41) is 2.54. The lowest BCUT2D eigenvalue weighted by atomic mass is 10.1. The Bertz CT molecular complexity index is 509. The van der Waals surface area contributed by atoms with Crippen molar-refractivity contribution in [1.29, 1.82) is 0 Å². The Hall–Kier alpha value is -2.37. The van der Waals surface area contributed by atoms with E-state index in [1.165, 1.54) is 18.2 Å². The van der Waals surface area contributed by atoms with E-state index in [4.69, 9.17) is 4.74 Å². The van der Waals surface area contributed by atoms with Crippen molar-refractivity contribution in [3.8, 4) is 5.75 Å². The van der Waals surface area contributed by atoms with Gasteiger partial charge in [0.15, 0.2) is 6.61 Å². The number of ketones is 1. The number of rotatable bonds is 2. The molecule has 1 N–H and O–H groups in total. The Morgan fingerprint density at radius 2 is 2.18 bits per heavy atom. The van der Waals surface area contributed by atoms with Crippen LogP contribution in [0, 0.1) is 0 Å². The molecule has 0 unspecified atom stereocenters. The first-order valence-electron chi connectivity index (χ1n) is 4.81. The average molecular weight is 235 g/mol. The molecule has 1 aliphatic heterocycles. The van der Waals surface area contributed by atoms with Crippen molar-refractivity contribution in [2.24, 2.45) is 0 Å². The molecule has 1 heterocycles. The largest absolute Gasteiger partial charge is 0.482 e. The Morgan fingerprint density at radius 1 is 1.41 bits per heavy atom. The molecule has 0 fully saturated rings. The zero-order valence-corrected chi connectivity index (χ0v) is 8.98. The van der Waals surface area contributed by atoms with E-state index in [-0.39, 0.29) is 18.1 Å². The van der Waals surface area contributed by atoms with E-state index < -0.39 is 11.8 Å². The molecule has 88 valence electrons. The summed E-state index contributed by atoms with van der Waals surface area (Å²) >= 11 is 0. The topological polar surface area (TPSA) is 81.7 Å². The lowest BCUT2D eigenvalue weighted by molar-refractivity contribution is -0.135. The number of esters is 1. The van der Waals surface area contributed by atoms with E-state index in [1.807, 2.05) is 0 Å². The van der Waals surface area contributed by atoms with Crippen molar-refractivity contribution in [2.45, 2.75) is 0 Å². The van der Waals surface area contributed by atoms with Gasteiger partial charge in [0, 0.05) is 5.56 Å². The summed E-state index contributed by atoms with van der Waals surface area (Å²) in [7, 11) is 1.13. The highest BCUT2D eigenvalue weighted by molar-refractivity contribution is 6.40. The Balaban J connectivity index is 2.33. The molecule has 2 rings (SSSR count). The molecule has 0 bridgehead atoms. The molecule has 6 heteroatoms. The first-order chi connectivity index (χ1) is 8.11. The van der Waals surface area contributed by atoms with E-state index in [9.17, 15) is 14.4 Å². The normalized spacial score (nSPS) is 13.1. The fraction of sp³-hybridized carbons (Fsp3) is 0.182. The van der Waals surface area contributed by atoms with Gasteiger partial charge in [-0.15, -0.1) is 0 Å². The molecule has 6 nitrogen and oxygen atoms in total. The first-order valence-corrected chi connectivity index (χ1v) is 4.81. The zero-order valence-electron chi connectivity index (χ0n) is 8.98. The Kier molecular flexibility index (Phi) is 2.78. The number of hydrogen-bond donors (Lipinski definition) is 1. The van der Waals surface area contributed by atoms with Crippen molar-refractivity contribution < 1.29 is 23.9 Å². The number of anilines is 1. The number of ether oxygens (including phenoxy) is 2. The van der Waals surface area contributed by atoms with Crippen LogP contribution in [-0.4, -0.2) is 31.4 Å². The maximum Gasteiger partial charge on any atom is 0.379 e. The van der Waals surface area contributed by atoms with Crippen molar-refractivity contribution in [1.82, 2.24) is 0 Å². The minimum Gasteiger partial charge on any atom is -0.482 e. The highest BCUT2D eigenvalue weighted by Gasteiger charge is 2.21. The smallest absolute Gasteiger partial charge is 0.379 e. The molecule has 0 saturated carbocycles. The van der Waals surface area contributed by atoms with Gasteiger partial charge >= 0.3 is 5.97 Å². The van der Waals surface area contributed by atoms with Crippen LogP contribution in [0.1, 0.15) is 10.4 Å². The molecular weight excluding hydrogens is 226 g/mol. The quantitative estimate of drug-likeness (QED) is 0.455. The number of methoxy groups -OCH3 is 1. The second-order valence-electron chi connectivity index (χ2n) is 3.37. The second-order valence-corrected chi connectivity index (χ2v) is 3.37. The second kappa shape index (κ2) is 4.25. The Labute approximate surface area is 96.5 Å². The number of Topliss-reactive ketones (excluding diaryl/α,β-unsaturated/α-hetero) is 1. The molecule has 0 aromatic heterocycles. The number of carbonyl (C=O) groups is 3. The highest BCUT2D eigenvalue weighted by Crippen LogP contribution is 2.28. The summed E-state index contributed by atoms with van der Waals surface area (Å²) in [5.74, 6) is -1.56. The van der Waals surface area contributed by atoms with Gasteiger partial charge in [-0.05, 0) is 18.2 Å². The van der Waals surface area contributed by atoms with Gasteiger partial charge in [0.2, 0.25) is 0 Å². The summed E-state index contributed by atoms with van der Waals surface area (Å²) < 4.78 is 9.44. The van der Waals surface area contributed by atoms with E-state index in [2.05, 4.69) is 10.1 Å². The number of benzene rings is 1. The van der Waals surface area contributed by atoms with Crippen molar-refractivity contribution in [3.05, 3.63) is 23.8 Å². The first kappa shape index (κ1) is 11.1. The number of nitrogens with one attached hydrogen (secondary N) is 1. The molecule has 17 heavy (non-hydrogen) atoms. The van der Waals surface area contributed by atoms with Gasteiger partial charge in [0.25, 0.3) is 11.7 Å². The van der Waals surface area contributed by atoms with Gasteiger partial charge in [0.1, 0.15) is 5.75 Å². The van der Waals surface area contributed by atoms with Gasteiger partial charge in [-0.2, -0.15) is 0 Å². The molecule has 1 aliphatic rings. The van der Waals surface area contributed by atoms with Crippen molar-refractivity contribution in [2.75, 3.05) is 19.0 Å². The van der Waals surface area contributed by atoms with Gasteiger partial charge in [-0.3, -0.25) is 9.59 Å². The van der Waals surface area contributed by atoms with Crippen LogP contribution < -0.4 is 10.1 Å². The molecule has 0 radical (unpaired) electrons. The van der Waals surface area contributed by atoms with Crippen molar-refractivity contribution >= 4 is 23.3 Å². The molecular formula is C11H9NO5. The summed E-state index contributed by atoms with van der Waals surface area (Å²) in [4.78, 5) is 33.7. The minimum absolute atomic E-state index is 0.0582. The molecule has 1 aromatic carbocycles. The van der Waals surface area contributed by atoms with Gasteiger partial charge < -0.3 is 14.8 Å². The Morgan fingerprint density at radius 3 is 2.88 bits per heavy atom. The van der Waals surface area contributed by atoms with E-state index >= 15 is 0 Å². The molecule has 1 aromatic rings. The summed E-state index contributed by atoms with van der Waals surface area (Å²) in [6.07, 6.45) is 0. The number of amides is 1. The minimum atomic E-state index is -0.951. The lowest BCUT2D eigenvalue weighted by Gasteiger charge is -2.17. The molecule has 1 amide bonds. The summed E-state index contributed by atoms with van der Waals surface area (Å²) in [6, 6.07) is 4.34. The van der Waals surface area contributed by atoms with Crippen LogP contribution in [-0.2, 0) is 14.3 Å². The number of fused-ring (bicyclic) bond motifs is 1. The highest BCUT2D eigenvalue weighted by atomic mass is 16.5. The third-order valence-corrected chi connectivity index (χ3v) is 2.25. The maximum atomic E-state index is 11.5. The van der Waals surface area contributed by atoms with Crippen LogP contribution in [0.5, 0.6) is 5.75 Å². The molecule has 0 spiro atoms. The van der Waals surface area contributed by atoms with Crippen LogP contribution in [0.15, 0.2) is 18.2 Å². The maximum absolute atomic E-state index is 11.5. The monoisotopic (exact) mass is 235 g/mol. The SMILES string of the molecule is COC(=O)C(=O)c1ccc2c(c1)NC(=O)CO2. The third-order valence-electron chi connectivity index (χ3n) is 2.25. The summed E-state index contributed by atoms with van der Waals surface area (Å²) in [6.45, 7) is -0.0582. The number of hydrogen-bond acceptors (Lipinski definition) is 5.